The zero-order valence-electron chi connectivity index (χ0n) is 9.99. The Morgan fingerprint density at radius 3 is 2.56 bits per heavy atom. The van der Waals surface area contributed by atoms with Crippen molar-refractivity contribution in [3.63, 3.8) is 0 Å². The maximum absolute atomic E-state index is 6.32. The highest BCUT2D eigenvalue weighted by atomic mass is 35.5. The number of unbranched alkanes of at least 4 members (excludes halogenated alkanes) is 2. The maximum atomic E-state index is 6.32. The predicted octanol–water partition coefficient (Wildman–Crippen LogP) is 4.56. The molecule has 0 saturated carbocycles. The van der Waals surface area contributed by atoms with E-state index in [0.717, 1.165) is 26.1 Å². The van der Waals surface area contributed by atoms with Crippen LogP contribution in [0.15, 0.2) is 30.3 Å². The van der Waals surface area contributed by atoms with Crippen LogP contribution < -0.4 is 0 Å². The van der Waals surface area contributed by atoms with Gasteiger partial charge in [0.25, 0.3) is 0 Å². The number of rotatable bonds is 8. The van der Waals surface area contributed by atoms with Crippen molar-refractivity contribution < 1.29 is 4.74 Å². The number of hydrogen-bond donors (Lipinski definition) is 0. The minimum absolute atomic E-state index is 0.160. The average Bonchev–Trinajstić information content (AvgIpc) is 2.34. The van der Waals surface area contributed by atoms with Crippen LogP contribution in [0.4, 0.5) is 0 Å². The van der Waals surface area contributed by atoms with E-state index in [0.29, 0.717) is 0 Å². The Balaban J connectivity index is 2.09. The fourth-order valence-electron chi connectivity index (χ4n) is 1.68. The lowest BCUT2D eigenvalue weighted by atomic mass is 10.1. The molecule has 1 nitrogen and oxygen atoms in total. The van der Waals surface area contributed by atoms with Crippen molar-refractivity contribution in [1.82, 2.24) is 0 Å². The molecule has 0 heterocycles. The van der Waals surface area contributed by atoms with E-state index in [2.05, 4.69) is 12.1 Å². The molecule has 1 aromatic carbocycles. The lowest BCUT2D eigenvalue weighted by molar-refractivity contribution is 0.143. The number of benzene rings is 1. The molecular formula is C14H21ClO. The molecule has 0 amide bonds. The van der Waals surface area contributed by atoms with Crippen molar-refractivity contribution in [3.05, 3.63) is 35.9 Å². The Hall–Kier alpha value is -0.530. The summed E-state index contributed by atoms with van der Waals surface area (Å²) in [5, 5.41) is 0.160. The second-order valence-corrected chi connectivity index (χ2v) is 4.45. The van der Waals surface area contributed by atoms with E-state index < -0.39 is 0 Å². The quantitative estimate of drug-likeness (QED) is 0.478. The summed E-state index contributed by atoms with van der Waals surface area (Å²) in [6, 6.07) is 10.3. The van der Waals surface area contributed by atoms with E-state index >= 15 is 0 Å². The molecule has 0 aliphatic rings. The van der Waals surface area contributed by atoms with E-state index in [9.17, 15) is 0 Å². The van der Waals surface area contributed by atoms with E-state index in [1.165, 1.54) is 18.4 Å². The molecule has 0 aliphatic heterocycles. The Morgan fingerprint density at radius 1 is 1.12 bits per heavy atom. The molecule has 0 N–H and O–H groups in total. The molecule has 2 heteroatoms. The van der Waals surface area contributed by atoms with Gasteiger partial charge in [0.05, 0.1) is 5.38 Å². The van der Waals surface area contributed by atoms with Crippen LogP contribution in [-0.2, 0) is 4.74 Å². The maximum Gasteiger partial charge on any atom is 0.0585 e. The second kappa shape index (κ2) is 8.60. The molecule has 0 radical (unpaired) electrons. The fraction of sp³-hybridized carbons (Fsp3) is 0.571. The molecular weight excluding hydrogens is 220 g/mol. The summed E-state index contributed by atoms with van der Waals surface area (Å²) in [5.74, 6) is 0. The summed E-state index contributed by atoms with van der Waals surface area (Å²) < 4.78 is 5.29. The summed E-state index contributed by atoms with van der Waals surface area (Å²) in [7, 11) is 0. The molecule has 90 valence electrons. The Kier molecular flexibility index (Phi) is 7.28. The third kappa shape index (κ3) is 5.53. The molecule has 0 saturated heterocycles. The molecule has 1 rings (SSSR count). The second-order valence-electron chi connectivity index (χ2n) is 3.92. The predicted molar refractivity (Wildman–Crippen MR) is 70.0 cm³/mol. The Bertz CT molecular complexity index is 261. The molecule has 1 atom stereocenters. The first-order chi connectivity index (χ1) is 7.84. The topological polar surface area (TPSA) is 9.23 Å². The normalized spacial score (nSPS) is 12.6. The smallest absolute Gasteiger partial charge is 0.0585 e. The first kappa shape index (κ1) is 13.5. The zero-order chi connectivity index (χ0) is 11.6. The van der Waals surface area contributed by atoms with Gasteiger partial charge in [-0.3, -0.25) is 0 Å². The van der Waals surface area contributed by atoms with E-state index in [1.807, 2.05) is 25.1 Å². The van der Waals surface area contributed by atoms with Crippen LogP contribution in [-0.4, -0.2) is 13.2 Å². The van der Waals surface area contributed by atoms with Crippen LogP contribution in [0.2, 0.25) is 0 Å². The van der Waals surface area contributed by atoms with Crippen molar-refractivity contribution in [1.29, 1.82) is 0 Å². The van der Waals surface area contributed by atoms with Crippen molar-refractivity contribution >= 4 is 11.6 Å². The standard InChI is InChI=1S/C14H21ClO/c1-2-16-12-8-4-7-11-14(15)13-9-5-3-6-10-13/h3,5-6,9-10,14H,2,4,7-8,11-12H2,1H3. The molecule has 0 aromatic heterocycles. The highest BCUT2D eigenvalue weighted by Crippen LogP contribution is 2.25. The summed E-state index contributed by atoms with van der Waals surface area (Å²) in [6.07, 6.45) is 4.58. The van der Waals surface area contributed by atoms with Gasteiger partial charge in [-0.25, -0.2) is 0 Å². The van der Waals surface area contributed by atoms with Crippen LogP contribution in [0.5, 0.6) is 0 Å². The third-order valence-electron chi connectivity index (χ3n) is 2.61. The van der Waals surface area contributed by atoms with Gasteiger partial charge in [0.15, 0.2) is 0 Å². The summed E-state index contributed by atoms with van der Waals surface area (Å²) >= 11 is 6.32. The third-order valence-corrected chi connectivity index (χ3v) is 3.08. The van der Waals surface area contributed by atoms with E-state index in [4.69, 9.17) is 16.3 Å². The molecule has 0 fully saturated rings. The number of alkyl halides is 1. The van der Waals surface area contributed by atoms with Crippen LogP contribution in [0.25, 0.3) is 0 Å². The van der Waals surface area contributed by atoms with Gasteiger partial charge >= 0.3 is 0 Å². The summed E-state index contributed by atoms with van der Waals surface area (Å²) in [4.78, 5) is 0. The molecule has 1 unspecified atom stereocenters. The van der Waals surface area contributed by atoms with Gasteiger partial charge < -0.3 is 4.74 Å². The van der Waals surface area contributed by atoms with Gasteiger partial charge in [0.1, 0.15) is 0 Å². The number of halogens is 1. The van der Waals surface area contributed by atoms with Crippen LogP contribution >= 0.6 is 11.6 Å². The van der Waals surface area contributed by atoms with Crippen molar-refractivity contribution in [2.75, 3.05) is 13.2 Å². The fourth-order valence-corrected chi connectivity index (χ4v) is 1.98. The minimum Gasteiger partial charge on any atom is -0.382 e. The van der Waals surface area contributed by atoms with Gasteiger partial charge in [-0.05, 0) is 25.3 Å². The lowest BCUT2D eigenvalue weighted by Gasteiger charge is -2.09. The van der Waals surface area contributed by atoms with Crippen LogP contribution in [0.3, 0.4) is 0 Å². The molecule has 1 aromatic rings. The van der Waals surface area contributed by atoms with E-state index in [1.54, 1.807) is 0 Å². The molecule has 0 spiro atoms. The van der Waals surface area contributed by atoms with Gasteiger partial charge in [-0.15, -0.1) is 11.6 Å². The Morgan fingerprint density at radius 2 is 1.88 bits per heavy atom. The summed E-state index contributed by atoms with van der Waals surface area (Å²) in [6.45, 7) is 3.74. The molecule has 16 heavy (non-hydrogen) atoms. The van der Waals surface area contributed by atoms with Crippen LogP contribution in [0.1, 0.15) is 43.5 Å². The monoisotopic (exact) mass is 240 g/mol. The Labute approximate surface area is 104 Å². The van der Waals surface area contributed by atoms with Crippen molar-refractivity contribution in [2.24, 2.45) is 0 Å². The summed E-state index contributed by atoms with van der Waals surface area (Å²) in [5.41, 5.74) is 1.23. The molecule has 0 aliphatic carbocycles. The number of hydrogen-bond acceptors (Lipinski definition) is 1. The first-order valence-corrected chi connectivity index (χ1v) is 6.55. The van der Waals surface area contributed by atoms with Gasteiger partial charge in [0, 0.05) is 13.2 Å². The van der Waals surface area contributed by atoms with Gasteiger partial charge in [0.2, 0.25) is 0 Å². The lowest BCUT2D eigenvalue weighted by Crippen LogP contribution is -1.94. The first-order valence-electron chi connectivity index (χ1n) is 6.11. The minimum atomic E-state index is 0.160. The highest BCUT2D eigenvalue weighted by Gasteiger charge is 2.05. The van der Waals surface area contributed by atoms with Crippen LogP contribution in [0, 0.1) is 0 Å². The van der Waals surface area contributed by atoms with Gasteiger partial charge in [-0.2, -0.15) is 0 Å². The van der Waals surface area contributed by atoms with Gasteiger partial charge in [-0.1, -0.05) is 43.2 Å². The largest absolute Gasteiger partial charge is 0.382 e. The average molecular weight is 241 g/mol. The molecule has 0 bridgehead atoms. The van der Waals surface area contributed by atoms with Crippen molar-refractivity contribution in [3.8, 4) is 0 Å². The SMILES string of the molecule is CCOCCCCCC(Cl)c1ccccc1. The number of ether oxygens (including phenoxy) is 1. The van der Waals surface area contributed by atoms with Crippen molar-refractivity contribution in [2.45, 2.75) is 38.0 Å². The highest BCUT2D eigenvalue weighted by molar-refractivity contribution is 6.20. The zero-order valence-corrected chi connectivity index (χ0v) is 10.7. The van der Waals surface area contributed by atoms with E-state index in [-0.39, 0.29) is 5.38 Å².